The average molecular weight is 287 g/mol. The van der Waals surface area contributed by atoms with E-state index in [-0.39, 0.29) is 5.91 Å². The molecular formula is C17H25N3O. The number of carbonyl (C=O) groups excluding carboxylic acids is 1. The Labute approximate surface area is 126 Å². The van der Waals surface area contributed by atoms with E-state index >= 15 is 0 Å². The number of rotatable bonds is 6. The number of amides is 1. The van der Waals surface area contributed by atoms with Crippen molar-refractivity contribution in [1.82, 2.24) is 15.2 Å². The van der Waals surface area contributed by atoms with Crippen LogP contribution in [0.25, 0.3) is 10.9 Å². The molecule has 2 rings (SSSR count). The van der Waals surface area contributed by atoms with Crippen molar-refractivity contribution in [3.63, 3.8) is 0 Å². The number of nitrogens with zero attached hydrogens (tertiary/aromatic N) is 1. The van der Waals surface area contributed by atoms with Crippen molar-refractivity contribution in [1.29, 1.82) is 0 Å². The van der Waals surface area contributed by atoms with Crippen molar-refractivity contribution in [3.8, 4) is 0 Å². The smallest absolute Gasteiger partial charge is 0.253 e. The predicted octanol–water partition coefficient (Wildman–Crippen LogP) is 3.02. The largest absolute Gasteiger partial charge is 0.360 e. The summed E-state index contributed by atoms with van der Waals surface area (Å²) in [6, 6.07) is 8.82. The van der Waals surface area contributed by atoms with E-state index < -0.39 is 0 Å². The Kier molecular flexibility index (Phi) is 5.02. The third-order valence-electron chi connectivity index (χ3n) is 3.82. The fraction of sp³-hybridized carbons (Fsp3) is 0.471. The van der Waals surface area contributed by atoms with Gasteiger partial charge in [0.05, 0.1) is 5.56 Å². The molecule has 21 heavy (non-hydrogen) atoms. The standard InChI is InChI=1S/C17H25N3O/c1-12(2)20(13(3)4)10-9-18-17(21)15-11-19-16-8-6-5-7-14(15)16/h5-8,11-13,19H,9-10H2,1-4H3,(H,18,21). The first kappa shape index (κ1) is 15.6. The first-order valence-electron chi connectivity index (χ1n) is 7.60. The van der Waals surface area contributed by atoms with E-state index in [0.717, 1.165) is 17.4 Å². The first-order chi connectivity index (χ1) is 10.0. The number of hydrogen-bond donors (Lipinski definition) is 2. The number of fused-ring (bicyclic) bond motifs is 1. The highest BCUT2D eigenvalue weighted by Gasteiger charge is 2.15. The first-order valence-corrected chi connectivity index (χ1v) is 7.60. The Morgan fingerprint density at radius 2 is 1.86 bits per heavy atom. The lowest BCUT2D eigenvalue weighted by atomic mass is 10.1. The molecule has 0 aliphatic heterocycles. The van der Waals surface area contributed by atoms with E-state index in [2.05, 4.69) is 42.9 Å². The lowest BCUT2D eigenvalue weighted by Crippen LogP contribution is -2.42. The van der Waals surface area contributed by atoms with Crippen LogP contribution in [0.2, 0.25) is 0 Å². The number of H-pyrrole nitrogens is 1. The Morgan fingerprint density at radius 3 is 2.52 bits per heavy atom. The molecule has 4 heteroatoms. The second-order valence-electron chi connectivity index (χ2n) is 5.93. The predicted molar refractivity (Wildman–Crippen MR) is 87.6 cm³/mol. The minimum atomic E-state index is -0.0140. The van der Waals surface area contributed by atoms with Crippen LogP contribution in [0.4, 0.5) is 0 Å². The second kappa shape index (κ2) is 6.76. The molecule has 1 aromatic heterocycles. The van der Waals surface area contributed by atoms with Crippen LogP contribution in [0.1, 0.15) is 38.1 Å². The van der Waals surface area contributed by atoms with Crippen LogP contribution in [0, 0.1) is 0 Å². The summed E-state index contributed by atoms with van der Waals surface area (Å²) in [6.07, 6.45) is 1.78. The molecule has 0 fully saturated rings. The molecule has 2 N–H and O–H groups in total. The zero-order valence-corrected chi connectivity index (χ0v) is 13.3. The Hall–Kier alpha value is -1.81. The number of carbonyl (C=O) groups is 1. The van der Waals surface area contributed by atoms with E-state index in [1.54, 1.807) is 6.20 Å². The fourth-order valence-electron chi connectivity index (χ4n) is 2.77. The SMILES string of the molecule is CC(C)N(CCNC(=O)c1c[nH]c2ccccc12)C(C)C. The highest BCUT2D eigenvalue weighted by molar-refractivity contribution is 6.06. The van der Waals surface area contributed by atoms with Crippen LogP contribution < -0.4 is 5.32 Å². The summed E-state index contributed by atoms with van der Waals surface area (Å²) in [7, 11) is 0. The van der Waals surface area contributed by atoms with Crippen LogP contribution in [0.5, 0.6) is 0 Å². The Bertz CT molecular complexity index is 593. The van der Waals surface area contributed by atoms with E-state index in [0.29, 0.717) is 24.2 Å². The van der Waals surface area contributed by atoms with Crippen molar-refractivity contribution >= 4 is 16.8 Å². The Balaban J connectivity index is 1.96. The molecule has 0 bridgehead atoms. The number of benzene rings is 1. The van der Waals surface area contributed by atoms with Gasteiger partial charge < -0.3 is 10.3 Å². The molecule has 0 spiro atoms. The number of aromatic nitrogens is 1. The van der Waals surface area contributed by atoms with Crippen LogP contribution in [0.3, 0.4) is 0 Å². The monoisotopic (exact) mass is 287 g/mol. The maximum atomic E-state index is 12.3. The molecule has 4 nitrogen and oxygen atoms in total. The van der Waals surface area contributed by atoms with E-state index in [9.17, 15) is 4.79 Å². The van der Waals surface area contributed by atoms with Gasteiger partial charge in [-0.15, -0.1) is 0 Å². The van der Waals surface area contributed by atoms with Gasteiger partial charge in [0.25, 0.3) is 5.91 Å². The van der Waals surface area contributed by atoms with Gasteiger partial charge in [0, 0.05) is 42.3 Å². The van der Waals surface area contributed by atoms with Gasteiger partial charge in [-0.3, -0.25) is 9.69 Å². The second-order valence-corrected chi connectivity index (χ2v) is 5.93. The summed E-state index contributed by atoms with van der Waals surface area (Å²) >= 11 is 0. The van der Waals surface area contributed by atoms with E-state index in [4.69, 9.17) is 0 Å². The third kappa shape index (κ3) is 3.64. The highest BCUT2D eigenvalue weighted by atomic mass is 16.1. The Morgan fingerprint density at radius 1 is 1.19 bits per heavy atom. The lowest BCUT2D eigenvalue weighted by molar-refractivity contribution is 0.0941. The van der Waals surface area contributed by atoms with Gasteiger partial charge in [-0.2, -0.15) is 0 Å². The molecule has 0 saturated carbocycles. The van der Waals surface area contributed by atoms with E-state index in [1.165, 1.54) is 0 Å². The summed E-state index contributed by atoms with van der Waals surface area (Å²) in [5.74, 6) is -0.0140. The van der Waals surface area contributed by atoms with Crippen LogP contribution >= 0.6 is 0 Å². The number of hydrogen-bond acceptors (Lipinski definition) is 2. The lowest BCUT2D eigenvalue weighted by Gasteiger charge is -2.30. The van der Waals surface area contributed by atoms with E-state index in [1.807, 2.05) is 24.3 Å². The molecule has 114 valence electrons. The summed E-state index contributed by atoms with van der Waals surface area (Å²) in [4.78, 5) is 17.8. The van der Waals surface area contributed by atoms with Gasteiger partial charge in [0.1, 0.15) is 0 Å². The minimum absolute atomic E-state index is 0.0140. The van der Waals surface area contributed by atoms with Gasteiger partial charge in [0.2, 0.25) is 0 Å². The molecule has 0 radical (unpaired) electrons. The molecule has 1 amide bonds. The normalized spacial score (nSPS) is 11.8. The van der Waals surface area contributed by atoms with Gasteiger partial charge in [-0.25, -0.2) is 0 Å². The molecule has 0 aliphatic carbocycles. The van der Waals surface area contributed by atoms with Gasteiger partial charge in [-0.1, -0.05) is 18.2 Å². The quantitative estimate of drug-likeness (QED) is 0.858. The molecule has 0 atom stereocenters. The van der Waals surface area contributed by atoms with Crippen LogP contribution in [-0.4, -0.2) is 41.0 Å². The highest BCUT2D eigenvalue weighted by Crippen LogP contribution is 2.17. The molecule has 0 aliphatic rings. The molecule has 2 aromatic rings. The van der Waals surface area contributed by atoms with Crippen LogP contribution in [-0.2, 0) is 0 Å². The van der Waals surface area contributed by atoms with Gasteiger partial charge in [0.15, 0.2) is 0 Å². The third-order valence-corrected chi connectivity index (χ3v) is 3.82. The molecule has 1 aromatic carbocycles. The van der Waals surface area contributed by atoms with Crippen molar-refractivity contribution in [2.24, 2.45) is 0 Å². The topological polar surface area (TPSA) is 48.1 Å². The zero-order valence-electron chi connectivity index (χ0n) is 13.3. The maximum absolute atomic E-state index is 12.3. The van der Waals surface area contributed by atoms with Crippen molar-refractivity contribution in [2.75, 3.05) is 13.1 Å². The summed E-state index contributed by atoms with van der Waals surface area (Å²) < 4.78 is 0. The van der Waals surface area contributed by atoms with Crippen molar-refractivity contribution in [2.45, 2.75) is 39.8 Å². The minimum Gasteiger partial charge on any atom is -0.360 e. The summed E-state index contributed by atoms with van der Waals surface area (Å²) in [5.41, 5.74) is 1.71. The summed E-state index contributed by atoms with van der Waals surface area (Å²) in [5, 5.41) is 3.99. The number of nitrogens with one attached hydrogen (secondary N) is 2. The van der Waals surface area contributed by atoms with Gasteiger partial charge >= 0.3 is 0 Å². The van der Waals surface area contributed by atoms with Gasteiger partial charge in [-0.05, 0) is 33.8 Å². The molecule has 1 heterocycles. The fourth-order valence-corrected chi connectivity index (χ4v) is 2.77. The van der Waals surface area contributed by atoms with Crippen LogP contribution in [0.15, 0.2) is 30.5 Å². The zero-order chi connectivity index (χ0) is 15.4. The average Bonchev–Trinajstić information content (AvgIpc) is 2.86. The number of para-hydroxylation sites is 1. The summed E-state index contributed by atoms with van der Waals surface area (Å²) in [6.45, 7) is 10.3. The molecular weight excluding hydrogens is 262 g/mol. The molecule has 0 saturated heterocycles. The number of aromatic amines is 1. The van der Waals surface area contributed by atoms with Crippen molar-refractivity contribution < 1.29 is 4.79 Å². The maximum Gasteiger partial charge on any atom is 0.253 e. The molecule has 0 unspecified atom stereocenters. The van der Waals surface area contributed by atoms with Crippen molar-refractivity contribution in [3.05, 3.63) is 36.0 Å².